The van der Waals surface area contributed by atoms with Gasteiger partial charge in [0.2, 0.25) is 29.7 Å². The Kier molecular flexibility index (Phi) is 11.7. The highest BCUT2D eigenvalue weighted by atomic mass is 16.7. The molecule has 3 aliphatic rings. The molecule has 2 aliphatic heterocycles. The third kappa shape index (κ3) is 8.25. The fourth-order valence-electron chi connectivity index (χ4n) is 7.26. The van der Waals surface area contributed by atoms with Crippen LogP contribution in [-0.2, 0) is 47.6 Å². The standard InChI is InChI=1S/C41H30O26/c42-15-1-10(2-16(43)26(15)50)36(57)62-9-23-33-34(65-37(58)11-3-17(44)27(51)18(45)4-11)35(41(63-23)67-38(59)12-5-19(46)28(52)20(47)6-12)66-40(61)14-8-22(49)30(54)32(56)25(14)24-13(39(60)64-33)7-21(48)29(53)31(24)55/h1-7,14,23,25,33-35,41-48,50-53,55H,8-9H2. The molecule has 4 aromatic carbocycles. The molecule has 12 N–H and O–H groups in total. The summed E-state index contributed by atoms with van der Waals surface area (Å²) in [6.07, 6.45) is -13.5. The molecule has 2 bridgehead atoms. The summed E-state index contributed by atoms with van der Waals surface area (Å²) in [4.78, 5) is 109. The van der Waals surface area contributed by atoms with E-state index >= 15 is 0 Å². The maximum Gasteiger partial charge on any atom is 0.340 e. The van der Waals surface area contributed by atoms with Crippen molar-refractivity contribution >= 4 is 47.2 Å². The van der Waals surface area contributed by atoms with Crippen LogP contribution in [0.1, 0.15) is 59.3 Å². The zero-order valence-electron chi connectivity index (χ0n) is 33.1. The Bertz CT molecular complexity index is 2780. The first-order chi connectivity index (χ1) is 31.5. The summed E-state index contributed by atoms with van der Waals surface area (Å²) < 4.78 is 33.4. The molecule has 1 saturated heterocycles. The molecule has 7 rings (SSSR count). The van der Waals surface area contributed by atoms with Gasteiger partial charge in [0.15, 0.2) is 75.5 Å². The average molecular weight is 939 g/mol. The van der Waals surface area contributed by atoms with E-state index in [4.69, 9.17) is 28.4 Å². The normalized spacial score (nSPS) is 22.5. The van der Waals surface area contributed by atoms with Crippen molar-refractivity contribution in [3.05, 3.63) is 70.3 Å². The summed E-state index contributed by atoms with van der Waals surface area (Å²) in [5.74, 6) is -32.1. The highest BCUT2D eigenvalue weighted by molar-refractivity contribution is 6.66. The second-order valence-corrected chi connectivity index (χ2v) is 14.7. The van der Waals surface area contributed by atoms with Gasteiger partial charge >= 0.3 is 29.8 Å². The number of phenols is 12. The highest BCUT2D eigenvalue weighted by Crippen LogP contribution is 2.49. The fourth-order valence-corrected chi connectivity index (χ4v) is 7.26. The predicted octanol–water partition coefficient (Wildman–Crippen LogP) is 0.0799. The minimum Gasteiger partial charge on any atom is -0.504 e. The van der Waals surface area contributed by atoms with E-state index < -0.39 is 200 Å². The zero-order chi connectivity index (χ0) is 49.1. The number of carbonyl (C=O) groups is 8. The lowest BCUT2D eigenvalue weighted by Gasteiger charge is -2.44. The second kappa shape index (κ2) is 17.1. The molecule has 2 heterocycles. The first-order valence-corrected chi connectivity index (χ1v) is 18.8. The number of ether oxygens (including phenoxy) is 6. The zero-order valence-corrected chi connectivity index (χ0v) is 33.1. The first-order valence-electron chi connectivity index (χ1n) is 18.8. The van der Waals surface area contributed by atoms with Crippen LogP contribution in [0.25, 0.3) is 0 Å². The first kappa shape index (κ1) is 45.8. The molecule has 0 spiro atoms. The number of rotatable bonds is 7. The molecular weight excluding hydrogens is 908 g/mol. The number of hydrogen-bond acceptors (Lipinski definition) is 26. The summed E-state index contributed by atoms with van der Waals surface area (Å²) in [7, 11) is 0. The monoisotopic (exact) mass is 938 g/mol. The number of carbonyl (C=O) groups excluding carboxylic acids is 8. The van der Waals surface area contributed by atoms with Crippen molar-refractivity contribution < 1.29 is 128 Å². The van der Waals surface area contributed by atoms with E-state index in [1.54, 1.807) is 0 Å². The van der Waals surface area contributed by atoms with E-state index in [1.165, 1.54) is 0 Å². The molecule has 26 heteroatoms. The van der Waals surface area contributed by atoms with Crippen LogP contribution in [0.5, 0.6) is 69.0 Å². The van der Waals surface area contributed by atoms with E-state index in [9.17, 15) is 99.6 Å². The molecule has 0 radical (unpaired) electrons. The van der Waals surface area contributed by atoms with Crippen molar-refractivity contribution in [1.82, 2.24) is 0 Å². The van der Waals surface area contributed by atoms with Crippen LogP contribution in [0, 0.1) is 5.92 Å². The number of esters is 5. The van der Waals surface area contributed by atoms with E-state index in [-0.39, 0.29) is 0 Å². The second-order valence-electron chi connectivity index (χ2n) is 14.7. The van der Waals surface area contributed by atoms with Gasteiger partial charge in [-0.25, -0.2) is 19.2 Å². The Morgan fingerprint density at radius 3 is 1.52 bits per heavy atom. The van der Waals surface area contributed by atoms with Crippen LogP contribution in [0.3, 0.4) is 0 Å². The molecule has 0 amide bonds. The van der Waals surface area contributed by atoms with E-state index in [0.717, 1.165) is 0 Å². The third-order valence-corrected chi connectivity index (χ3v) is 10.5. The van der Waals surface area contributed by atoms with Gasteiger partial charge in [-0.3, -0.25) is 19.2 Å². The highest BCUT2D eigenvalue weighted by Gasteiger charge is 2.58. The molecule has 1 aliphatic carbocycles. The number of hydrogen-bond donors (Lipinski definition) is 12. The van der Waals surface area contributed by atoms with Gasteiger partial charge in [0, 0.05) is 12.0 Å². The topological polar surface area (TPSA) is 435 Å². The van der Waals surface area contributed by atoms with Gasteiger partial charge in [-0.05, 0) is 42.5 Å². The largest absolute Gasteiger partial charge is 0.504 e. The molecule has 7 unspecified atom stereocenters. The van der Waals surface area contributed by atoms with Gasteiger partial charge in [-0.1, -0.05) is 0 Å². The average Bonchev–Trinajstić information content (AvgIpc) is 3.28. The molecule has 7 atom stereocenters. The lowest BCUT2D eigenvalue weighted by Crippen LogP contribution is -2.63. The molecule has 350 valence electrons. The van der Waals surface area contributed by atoms with Crippen LogP contribution >= 0.6 is 0 Å². The Labute approximate surface area is 369 Å². The van der Waals surface area contributed by atoms with Crippen molar-refractivity contribution in [2.75, 3.05) is 6.61 Å². The summed E-state index contributed by atoms with van der Waals surface area (Å²) in [5, 5.41) is 122. The van der Waals surface area contributed by atoms with Crippen molar-refractivity contribution in [3.63, 3.8) is 0 Å². The van der Waals surface area contributed by atoms with Gasteiger partial charge in [0.05, 0.1) is 34.1 Å². The Balaban J connectivity index is 1.43. The number of ketones is 3. The number of benzene rings is 4. The molecular formula is C41H30O26. The van der Waals surface area contributed by atoms with Gasteiger partial charge in [0.1, 0.15) is 12.7 Å². The van der Waals surface area contributed by atoms with Crippen LogP contribution < -0.4 is 0 Å². The van der Waals surface area contributed by atoms with Crippen LogP contribution in [0.2, 0.25) is 0 Å². The Morgan fingerprint density at radius 1 is 0.552 bits per heavy atom. The smallest absolute Gasteiger partial charge is 0.340 e. The van der Waals surface area contributed by atoms with E-state index in [0.29, 0.717) is 42.5 Å². The summed E-state index contributed by atoms with van der Waals surface area (Å²) in [5.41, 5.74) is -4.50. The van der Waals surface area contributed by atoms with Gasteiger partial charge in [0.25, 0.3) is 5.78 Å². The van der Waals surface area contributed by atoms with Gasteiger partial charge in [-0.15, -0.1) is 0 Å². The van der Waals surface area contributed by atoms with E-state index in [1.807, 2.05) is 0 Å². The van der Waals surface area contributed by atoms with Gasteiger partial charge in [-0.2, -0.15) is 0 Å². The van der Waals surface area contributed by atoms with Gasteiger partial charge < -0.3 is 89.7 Å². The number of phenolic OH excluding ortho intramolecular Hbond substituents is 12. The van der Waals surface area contributed by atoms with Crippen LogP contribution in [0.4, 0.5) is 0 Å². The molecule has 2 fully saturated rings. The lowest BCUT2D eigenvalue weighted by molar-refractivity contribution is -0.288. The lowest BCUT2D eigenvalue weighted by atomic mass is 9.72. The molecule has 0 aromatic heterocycles. The number of Topliss-reactive ketones (excluding diaryl/α,β-unsaturated/α-hetero) is 3. The number of fused-ring (bicyclic) bond motifs is 5. The third-order valence-electron chi connectivity index (χ3n) is 10.5. The molecule has 1 saturated carbocycles. The molecule has 26 nitrogen and oxygen atoms in total. The van der Waals surface area contributed by atoms with Crippen molar-refractivity contribution in [2.24, 2.45) is 5.92 Å². The van der Waals surface area contributed by atoms with Crippen molar-refractivity contribution in [3.8, 4) is 69.0 Å². The summed E-state index contributed by atoms with van der Waals surface area (Å²) in [6, 6.07) is 3.78. The summed E-state index contributed by atoms with van der Waals surface area (Å²) in [6.45, 7) is -1.27. The minimum absolute atomic E-state index is 0.386. The number of aromatic hydroxyl groups is 12. The molecule has 67 heavy (non-hydrogen) atoms. The Hall–Kier alpha value is -9.20. The predicted molar refractivity (Wildman–Crippen MR) is 204 cm³/mol. The molecule has 4 aromatic rings. The quantitative estimate of drug-likeness (QED) is 0.0505. The fraction of sp³-hybridized carbons (Fsp3) is 0.220. The maximum atomic E-state index is 14.4. The van der Waals surface area contributed by atoms with Crippen LogP contribution in [0.15, 0.2) is 42.5 Å². The van der Waals surface area contributed by atoms with Crippen LogP contribution in [-0.4, -0.2) is 146 Å². The van der Waals surface area contributed by atoms with Crippen molar-refractivity contribution in [2.45, 2.75) is 43.0 Å². The maximum absolute atomic E-state index is 14.4. The summed E-state index contributed by atoms with van der Waals surface area (Å²) >= 11 is 0. The van der Waals surface area contributed by atoms with Crippen molar-refractivity contribution in [1.29, 1.82) is 0 Å². The SMILES string of the molecule is O=C1CC2C(=O)OC3C(OC(=O)c4cc(O)c(O)c(O)c4)OC(COC(=O)c4cc(O)c(O)c(O)c4)C(OC(=O)c4cc(O)c(O)c(O)c4C2C(=O)C1=O)C3OC(=O)c1cc(O)c(O)c(O)c1. The minimum atomic E-state index is -2.57. The van der Waals surface area contributed by atoms with E-state index in [2.05, 4.69) is 0 Å². The Morgan fingerprint density at radius 2 is 1.01 bits per heavy atom.